The van der Waals surface area contributed by atoms with E-state index in [1.54, 1.807) is 29.1 Å². The van der Waals surface area contributed by atoms with Gasteiger partial charge in [-0.05, 0) is 18.2 Å². The molecule has 0 radical (unpaired) electrons. The molecule has 0 saturated heterocycles. The summed E-state index contributed by atoms with van der Waals surface area (Å²) in [5, 5.41) is 10.3. The molecule has 2 rings (SSSR count). The van der Waals surface area contributed by atoms with E-state index in [4.69, 9.17) is 11.6 Å². The largest absolute Gasteiger partial charge is 0.355 e. The maximum absolute atomic E-state index is 12.1. The van der Waals surface area contributed by atoms with Crippen molar-refractivity contribution >= 4 is 29.2 Å². The third kappa shape index (κ3) is 4.83. The SMILES string of the molecule is CC(C)(C)C(=O)NCCC(=O)Nc1ccnn1-c1cccc(Cl)c1. The van der Waals surface area contributed by atoms with Gasteiger partial charge in [-0.25, -0.2) is 4.68 Å². The average molecular weight is 349 g/mol. The zero-order chi connectivity index (χ0) is 17.7. The highest BCUT2D eigenvalue weighted by Crippen LogP contribution is 2.18. The van der Waals surface area contributed by atoms with Crippen molar-refractivity contribution in [2.45, 2.75) is 27.2 Å². The highest BCUT2D eigenvalue weighted by atomic mass is 35.5. The van der Waals surface area contributed by atoms with Gasteiger partial charge in [-0.1, -0.05) is 38.4 Å². The molecule has 0 aliphatic carbocycles. The fourth-order valence-corrected chi connectivity index (χ4v) is 2.16. The zero-order valence-corrected chi connectivity index (χ0v) is 14.7. The first-order valence-corrected chi connectivity index (χ1v) is 8.03. The molecule has 2 aromatic rings. The summed E-state index contributed by atoms with van der Waals surface area (Å²) < 4.78 is 1.59. The average Bonchev–Trinajstić information content (AvgIpc) is 2.94. The maximum atomic E-state index is 12.1. The van der Waals surface area contributed by atoms with E-state index in [0.717, 1.165) is 5.69 Å². The van der Waals surface area contributed by atoms with Crippen LogP contribution in [-0.4, -0.2) is 28.1 Å². The summed E-state index contributed by atoms with van der Waals surface area (Å²) >= 11 is 5.99. The zero-order valence-electron chi connectivity index (χ0n) is 14.0. The van der Waals surface area contributed by atoms with Crippen LogP contribution in [0.3, 0.4) is 0 Å². The summed E-state index contributed by atoms with van der Waals surface area (Å²) in [7, 11) is 0. The highest BCUT2D eigenvalue weighted by molar-refractivity contribution is 6.30. The number of nitrogens with one attached hydrogen (secondary N) is 2. The van der Waals surface area contributed by atoms with Crippen LogP contribution in [0.2, 0.25) is 5.02 Å². The van der Waals surface area contributed by atoms with E-state index in [9.17, 15) is 9.59 Å². The van der Waals surface area contributed by atoms with Crippen molar-refractivity contribution in [3.63, 3.8) is 0 Å². The predicted octanol–water partition coefficient (Wildman–Crippen LogP) is 3.02. The lowest BCUT2D eigenvalue weighted by Gasteiger charge is -2.17. The number of carbonyl (C=O) groups excluding carboxylic acids is 2. The minimum Gasteiger partial charge on any atom is -0.355 e. The number of hydrogen-bond donors (Lipinski definition) is 2. The second kappa shape index (κ2) is 7.49. The molecular formula is C17H21ClN4O2. The Morgan fingerprint density at radius 3 is 2.67 bits per heavy atom. The van der Waals surface area contributed by atoms with Crippen molar-refractivity contribution in [2.24, 2.45) is 5.41 Å². The van der Waals surface area contributed by atoms with Gasteiger partial charge in [-0.2, -0.15) is 5.10 Å². The fraction of sp³-hybridized carbons (Fsp3) is 0.353. The van der Waals surface area contributed by atoms with Gasteiger partial charge in [0.05, 0.1) is 11.9 Å². The molecule has 1 heterocycles. The Morgan fingerprint density at radius 2 is 2.00 bits per heavy atom. The number of benzene rings is 1. The van der Waals surface area contributed by atoms with Crippen molar-refractivity contribution in [3.05, 3.63) is 41.6 Å². The fourth-order valence-electron chi connectivity index (χ4n) is 1.97. The van der Waals surface area contributed by atoms with Gasteiger partial charge in [0.25, 0.3) is 0 Å². The molecule has 1 aromatic heterocycles. The van der Waals surface area contributed by atoms with Gasteiger partial charge in [0.15, 0.2) is 0 Å². The number of carbonyl (C=O) groups is 2. The number of amides is 2. The summed E-state index contributed by atoms with van der Waals surface area (Å²) in [5.41, 5.74) is 0.283. The van der Waals surface area contributed by atoms with Crippen molar-refractivity contribution in [3.8, 4) is 5.69 Å². The van der Waals surface area contributed by atoms with Gasteiger partial charge in [-0.3, -0.25) is 9.59 Å². The molecule has 2 N–H and O–H groups in total. The normalized spacial score (nSPS) is 11.2. The lowest BCUT2D eigenvalue weighted by molar-refractivity contribution is -0.128. The lowest BCUT2D eigenvalue weighted by atomic mass is 9.96. The molecule has 0 saturated carbocycles. The molecule has 1 aromatic carbocycles. The second-order valence-corrected chi connectivity index (χ2v) is 6.85. The molecular weight excluding hydrogens is 328 g/mol. The van der Waals surface area contributed by atoms with Crippen LogP contribution in [0, 0.1) is 5.41 Å². The minimum absolute atomic E-state index is 0.0840. The van der Waals surface area contributed by atoms with E-state index in [0.29, 0.717) is 10.8 Å². The van der Waals surface area contributed by atoms with E-state index in [1.807, 2.05) is 32.9 Å². The molecule has 24 heavy (non-hydrogen) atoms. The van der Waals surface area contributed by atoms with Gasteiger partial charge < -0.3 is 10.6 Å². The van der Waals surface area contributed by atoms with Crippen molar-refractivity contribution in [2.75, 3.05) is 11.9 Å². The smallest absolute Gasteiger partial charge is 0.227 e. The van der Waals surface area contributed by atoms with E-state index in [-0.39, 0.29) is 24.8 Å². The van der Waals surface area contributed by atoms with Crippen molar-refractivity contribution < 1.29 is 9.59 Å². The number of halogens is 1. The molecule has 6 nitrogen and oxygen atoms in total. The highest BCUT2D eigenvalue weighted by Gasteiger charge is 2.20. The summed E-state index contributed by atoms with van der Waals surface area (Å²) in [5.74, 6) is 0.261. The van der Waals surface area contributed by atoms with Crippen LogP contribution < -0.4 is 10.6 Å². The lowest BCUT2D eigenvalue weighted by Crippen LogP contribution is -2.36. The molecule has 0 unspecified atom stereocenters. The van der Waals surface area contributed by atoms with Crippen LogP contribution in [0.5, 0.6) is 0 Å². The molecule has 2 amide bonds. The molecule has 128 valence electrons. The second-order valence-electron chi connectivity index (χ2n) is 6.41. The first-order valence-electron chi connectivity index (χ1n) is 7.65. The van der Waals surface area contributed by atoms with Crippen molar-refractivity contribution in [1.29, 1.82) is 0 Å². The van der Waals surface area contributed by atoms with E-state index in [1.165, 1.54) is 0 Å². The Balaban J connectivity index is 1.94. The number of hydrogen-bond acceptors (Lipinski definition) is 3. The van der Waals surface area contributed by atoms with Gasteiger partial charge in [-0.15, -0.1) is 0 Å². The van der Waals surface area contributed by atoms with Crippen LogP contribution in [0.4, 0.5) is 5.82 Å². The Labute approximate surface area is 146 Å². The Kier molecular flexibility index (Phi) is 5.62. The van der Waals surface area contributed by atoms with Gasteiger partial charge in [0.2, 0.25) is 11.8 Å². The number of aromatic nitrogens is 2. The molecule has 7 heteroatoms. The third-order valence-electron chi connectivity index (χ3n) is 3.28. The van der Waals surface area contributed by atoms with Crippen molar-refractivity contribution in [1.82, 2.24) is 15.1 Å². The molecule has 0 bridgehead atoms. The van der Waals surface area contributed by atoms with E-state index < -0.39 is 5.41 Å². The number of rotatable bonds is 5. The Hall–Kier alpha value is -2.34. The number of nitrogens with zero attached hydrogens (tertiary/aromatic N) is 2. The van der Waals surface area contributed by atoms with Crippen LogP contribution in [-0.2, 0) is 9.59 Å². The molecule has 0 atom stereocenters. The maximum Gasteiger partial charge on any atom is 0.227 e. The predicted molar refractivity (Wildman–Crippen MR) is 94.3 cm³/mol. The summed E-state index contributed by atoms with van der Waals surface area (Å²) in [6, 6.07) is 8.89. The van der Waals surface area contributed by atoms with Crippen LogP contribution in [0.25, 0.3) is 5.69 Å². The standard InChI is InChI=1S/C17H21ClN4O2/c1-17(2,3)16(24)19-9-8-15(23)21-14-7-10-20-22(14)13-6-4-5-12(18)11-13/h4-7,10-11H,8-9H2,1-3H3,(H,19,24)(H,21,23). The molecule has 0 spiro atoms. The molecule has 0 aliphatic rings. The van der Waals surface area contributed by atoms with Crippen LogP contribution >= 0.6 is 11.6 Å². The minimum atomic E-state index is -0.471. The summed E-state index contributed by atoms with van der Waals surface area (Å²) in [4.78, 5) is 23.8. The van der Waals surface area contributed by atoms with Crippen LogP contribution in [0.1, 0.15) is 27.2 Å². The Bertz CT molecular complexity index is 734. The first-order chi connectivity index (χ1) is 11.3. The van der Waals surface area contributed by atoms with E-state index in [2.05, 4.69) is 15.7 Å². The monoisotopic (exact) mass is 348 g/mol. The quantitative estimate of drug-likeness (QED) is 0.872. The van der Waals surface area contributed by atoms with Gasteiger partial charge >= 0.3 is 0 Å². The summed E-state index contributed by atoms with van der Waals surface area (Å²) in [6.45, 7) is 5.76. The molecule has 0 aliphatic heterocycles. The van der Waals surface area contributed by atoms with Crippen LogP contribution in [0.15, 0.2) is 36.5 Å². The summed E-state index contributed by atoms with van der Waals surface area (Å²) in [6.07, 6.45) is 1.78. The third-order valence-corrected chi connectivity index (χ3v) is 3.52. The first kappa shape index (κ1) is 18.0. The Morgan fingerprint density at radius 1 is 1.25 bits per heavy atom. The van der Waals surface area contributed by atoms with E-state index >= 15 is 0 Å². The number of anilines is 1. The topological polar surface area (TPSA) is 76.0 Å². The molecule has 0 fully saturated rings. The van der Waals surface area contributed by atoms with Gasteiger partial charge in [0.1, 0.15) is 5.82 Å². The van der Waals surface area contributed by atoms with Gasteiger partial charge in [0, 0.05) is 29.5 Å².